The number of nitrogens with one attached hydrogen (secondary N) is 2. The molecule has 1 aliphatic heterocycles. The molecule has 12 heteroatoms. The molecule has 5 rings (SSSR count). The first-order valence-corrected chi connectivity index (χ1v) is 14.7. The van der Waals surface area contributed by atoms with Crippen molar-refractivity contribution in [2.75, 3.05) is 56.0 Å². The van der Waals surface area contributed by atoms with Gasteiger partial charge in [0.2, 0.25) is 0 Å². The van der Waals surface area contributed by atoms with E-state index in [1.807, 2.05) is 0 Å². The van der Waals surface area contributed by atoms with Gasteiger partial charge in [0.05, 0.1) is 33.5 Å². The fraction of sp³-hybridized carbons (Fsp3) is 0.259. The number of piperazine rings is 1. The van der Waals surface area contributed by atoms with Crippen molar-refractivity contribution in [3.05, 3.63) is 78.1 Å². The van der Waals surface area contributed by atoms with E-state index in [0.717, 1.165) is 41.5 Å². The van der Waals surface area contributed by atoms with Gasteiger partial charge in [-0.15, -0.1) is 0 Å². The Morgan fingerprint density at radius 2 is 1.79 bits per heavy atom. The largest absolute Gasteiger partial charge is 0.497 e. The van der Waals surface area contributed by atoms with Crippen molar-refractivity contribution >= 4 is 48.3 Å². The van der Waals surface area contributed by atoms with Crippen molar-refractivity contribution < 1.29 is 22.3 Å². The Morgan fingerprint density at radius 3 is 2.54 bits per heavy atom. The molecule has 9 nitrogen and oxygen atoms in total. The van der Waals surface area contributed by atoms with Crippen LogP contribution in [-0.4, -0.2) is 70.6 Å². The second-order valence-electron chi connectivity index (χ2n) is 9.02. The average molecular weight is 570 g/mol. The van der Waals surface area contributed by atoms with Gasteiger partial charge in [-0.1, -0.05) is 23.5 Å². The molecule has 0 atom stereocenters. The number of aromatic nitrogens is 1. The molecule has 0 saturated carbocycles. The Bertz CT molecular complexity index is 1570. The van der Waals surface area contributed by atoms with Gasteiger partial charge in [0.15, 0.2) is 5.13 Å². The molecule has 0 bridgehead atoms. The fourth-order valence-electron chi connectivity index (χ4n) is 4.34. The lowest BCUT2D eigenvalue weighted by atomic mass is 10.1. The molecule has 1 aromatic heterocycles. The summed E-state index contributed by atoms with van der Waals surface area (Å²) >= 11 is 1.49. The summed E-state index contributed by atoms with van der Waals surface area (Å²) < 4.78 is 47.7. The number of nitrogens with zero attached hydrogens (tertiary/aromatic N) is 3. The number of carbonyl (C=O) groups excluding carboxylic acids is 1. The van der Waals surface area contributed by atoms with E-state index in [-0.39, 0.29) is 27.9 Å². The van der Waals surface area contributed by atoms with E-state index in [1.165, 1.54) is 42.7 Å². The quantitative estimate of drug-likeness (QED) is 0.316. The molecule has 0 radical (unpaired) electrons. The Morgan fingerprint density at radius 1 is 1.05 bits per heavy atom. The van der Waals surface area contributed by atoms with Crippen LogP contribution in [0.5, 0.6) is 5.75 Å². The van der Waals surface area contributed by atoms with Gasteiger partial charge in [0.1, 0.15) is 11.6 Å². The van der Waals surface area contributed by atoms with E-state index in [9.17, 15) is 17.6 Å². The Kier molecular flexibility index (Phi) is 7.96. The van der Waals surface area contributed by atoms with Crippen LogP contribution in [0, 0.1) is 5.82 Å². The molecule has 0 spiro atoms. The minimum Gasteiger partial charge on any atom is -0.497 e. The summed E-state index contributed by atoms with van der Waals surface area (Å²) in [6, 6.07) is 17.2. The number of methoxy groups -OCH3 is 1. The minimum atomic E-state index is -3.89. The van der Waals surface area contributed by atoms with Gasteiger partial charge >= 0.3 is 0 Å². The van der Waals surface area contributed by atoms with Crippen LogP contribution in [0.1, 0.15) is 10.4 Å². The highest BCUT2D eigenvalue weighted by atomic mass is 32.2. The minimum absolute atomic E-state index is 0.0654. The number of sulfonamides is 1. The van der Waals surface area contributed by atoms with Gasteiger partial charge in [0.25, 0.3) is 15.9 Å². The molecule has 1 aliphatic rings. The summed E-state index contributed by atoms with van der Waals surface area (Å²) in [6.07, 6.45) is 0. The first-order valence-electron chi connectivity index (χ1n) is 12.4. The van der Waals surface area contributed by atoms with Gasteiger partial charge in [0, 0.05) is 39.3 Å². The number of hydrogen-bond donors (Lipinski definition) is 2. The first-order chi connectivity index (χ1) is 18.8. The normalized spacial score (nSPS) is 14.4. The van der Waals surface area contributed by atoms with Gasteiger partial charge in [-0.25, -0.2) is 17.8 Å². The molecule has 4 aromatic rings. The Hall–Kier alpha value is -3.74. The number of thiazole rings is 1. The molecule has 3 aromatic carbocycles. The van der Waals surface area contributed by atoms with Gasteiger partial charge in [-0.05, 0) is 54.6 Å². The number of anilines is 2. The van der Waals surface area contributed by atoms with Crippen molar-refractivity contribution in [2.45, 2.75) is 4.90 Å². The average Bonchev–Trinajstić information content (AvgIpc) is 3.37. The van der Waals surface area contributed by atoms with Crippen molar-refractivity contribution in [2.24, 2.45) is 0 Å². The number of hydrogen-bond acceptors (Lipinski definition) is 8. The first kappa shape index (κ1) is 26.9. The van der Waals surface area contributed by atoms with Crippen LogP contribution in [0.3, 0.4) is 0 Å². The Labute approximate surface area is 230 Å². The predicted octanol–water partition coefficient (Wildman–Crippen LogP) is 3.80. The highest BCUT2D eigenvalue weighted by Gasteiger charge is 2.21. The summed E-state index contributed by atoms with van der Waals surface area (Å²) in [6.45, 7) is 4.25. The van der Waals surface area contributed by atoms with E-state index in [1.54, 1.807) is 42.5 Å². The number of fused-ring (bicyclic) bond motifs is 1. The third kappa shape index (κ3) is 6.29. The number of amides is 1. The van der Waals surface area contributed by atoms with Crippen LogP contribution in [0.2, 0.25) is 0 Å². The van der Waals surface area contributed by atoms with Crippen LogP contribution < -0.4 is 19.7 Å². The summed E-state index contributed by atoms with van der Waals surface area (Å²) in [4.78, 5) is 22.1. The molecule has 1 fully saturated rings. The zero-order valence-electron chi connectivity index (χ0n) is 21.3. The number of carbonyl (C=O) groups is 1. The third-order valence-corrected chi connectivity index (χ3v) is 8.94. The second kappa shape index (κ2) is 11.6. The van der Waals surface area contributed by atoms with E-state index in [4.69, 9.17) is 4.74 Å². The summed E-state index contributed by atoms with van der Waals surface area (Å²) in [5.74, 6) is -0.0752. The molecule has 1 amide bonds. The second-order valence-corrected chi connectivity index (χ2v) is 11.7. The van der Waals surface area contributed by atoms with Crippen LogP contribution in [0.4, 0.5) is 15.2 Å². The number of rotatable bonds is 9. The lowest BCUT2D eigenvalue weighted by Gasteiger charge is -2.34. The van der Waals surface area contributed by atoms with E-state index < -0.39 is 10.0 Å². The molecule has 1 saturated heterocycles. The monoisotopic (exact) mass is 569 g/mol. The highest BCUT2D eigenvalue weighted by molar-refractivity contribution is 7.92. The van der Waals surface area contributed by atoms with Crippen molar-refractivity contribution in [3.8, 4) is 5.75 Å². The number of benzene rings is 3. The standard InChI is InChI=1S/C27H28FN5O4S2/c1-37-20-7-9-21(10-8-20)39(35,36)31-23-5-3-2-4-22(23)26(34)29-12-13-32-14-16-33(17-15-32)27-30-24-11-6-19(28)18-25(24)38-27/h2-11,18,31H,12-17H2,1H3,(H,29,34). The topological polar surface area (TPSA) is 104 Å². The maximum absolute atomic E-state index is 13.5. The lowest BCUT2D eigenvalue weighted by molar-refractivity contribution is 0.0948. The van der Waals surface area contributed by atoms with Gasteiger partial charge < -0.3 is 15.0 Å². The molecule has 0 aliphatic carbocycles. The zero-order chi connectivity index (χ0) is 27.4. The SMILES string of the molecule is COc1ccc(S(=O)(=O)Nc2ccccc2C(=O)NCCN2CCN(c3nc4ccc(F)cc4s3)CC2)cc1. The van der Waals surface area contributed by atoms with Crippen LogP contribution in [0.25, 0.3) is 10.2 Å². The van der Waals surface area contributed by atoms with E-state index in [0.29, 0.717) is 18.8 Å². The summed E-state index contributed by atoms with van der Waals surface area (Å²) in [7, 11) is -2.39. The molecular weight excluding hydrogens is 541 g/mol. The van der Waals surface area contributed by atoms with E-state index in [2.05, 4.69) is 24.8 Å². The fourth-order valence-corrected chi connectivity index (χ4v) is 6.46. The van der Waals surface area contributed by atoms with Crippen molar-refractivity contribution in [1.82, 2.24) is 15.2 Å². The maximum Gasteiger partial charge on any atom is 0.261 e. The molecule has 0 unspecified atom stereocenters. The number of halogens is 1. The molecule has 39 heavy (non-hydrogen) atoms. The van der Waals surface area contributed by atoms with Crippen LogP contribution >= 0.6 is 11.3 Å². The van der Waals surface area contributed by atoms with Crippen molar-refractivity contribution in [1.29, 1.82) is 0 Å². The van der Waals surface area contributed by atoms with E-state index >= 15 is 0 Å². The lowest BCUT2D eigenvalue weighted by Crippen LogP contribution is -2.48. The molecule has 204 valence electrons. The molecule has 2 heterocycles. The number of para-hydroxylation sites is 1. The summed E-state index contributed by atoms with van der Waals surface area (Å²) in [5, 5.41) is 3.79. The van der Waals surface area contributed by atoms with Gasteiger partial charge in [-0.3, -0.25) is 14.4 Å². The van der Waals surface area contributed by atoms with Crippen LogP contribution in [0.15, 0.2) is 71.6 Å². The smallest absolute Gasteiger partial charge is 0.261 e. The highest BCUT2D eigenvalue weighted by Crippen LogP contribution is 2.30. The maximum atomic E-state index is 13.5. The summed E-state index contributed by atoms with van der Waals surface area (Å²) in [5.41, 5.74) is 1.25. The Balaban J connectivity index is 1.13. The predicted molar refractivity (Wildman–Crippen MR) is 151 cm³/mol. The molecule has 2 N–H and O–H groups in total. The molecular formula is C27H28FN5O4S2. The zero-order valence-corrected chi connectivity index (χ0v) is 22.9. The third-order valence-electron chi connectivity index (χ3n) is 6.48. The number of ether oxygens (including phenoxy) is 1. The van der Waals surface area contributed by atoms with Gasteiger partial charge in [-0.2, -0.15) is 0 Å². The van der Waals surface area contributed by atoms with Crippen LogP contribution in [-0.2, 0) is 10.0 Å². The van der Waals surface area contributed by atoms with Crippen molar-refractivity contribution in [3.63, 3.8) is 0 Å².